The summed E-state index contributed by atoms with van der Waals surface area (Å²) in [5, 5.41) is 0. The van der Waals surface area contributed by atoms with Crippen molar-refractivity contribution in [3.8, 4) is 11.5 Å². The number of nitrogens with zero attached hydrogens (tertiary/aromatic N) is 2. The summed E-state index contributed by atoms with van der Waals surface area (Å²) in [6.45, 7) is -0.743. The zero-order valence-corrected chi connectivity index (χ0v) is 18.2. The lowest BCUT2D eigenvalue weighted by atomic mass is 9.34. The van der Waals surface area contributed by atoms with E-state index in [0.29, 0.717) is 22.3 Å². The van der Waals surface area contributed by atoms with Crippen LogP contribution in [0.2, 0.25) is 0 Å². The third-order valence-corrected chi connectivity index (χ3v) is 7.01. The first-order valence-corrected chi connectivity index (χ1v) is 11.1. The smallest absolute Gasteiger partial charge is 0.382 e. The summed E-state index contributed by atoms with van der Waals surface area (Å²) in [5.41, 5.74) is -0.871. The van der Waals surface area contributed by atoms with E-state index in [1.54, 1.807) is 72.8 Å². The number of ether oxygens (including phenoxy) is 1. The molecule has 2 aliphatic heterocycles. The van der Waals surface area contributed by atoms with Crippen LogP contribution >= 0.6 is 0 Å². The highest BCUT2D eigenvalue weighted by Gasteiger charge is 2.81. The van der Waals surface area contributed by atoms with Crippen LogP contribution in [-0.4, -0.2) is 17.6 Å². The van der Waals surface area contributed by atoms with Gasteiger partial charge < -0.3 is 4.74 Å². The number of aromatic nitrogens is 1. The van der Waals surface area contributed by atoms with Gasteiger partial charge in [0.2, 0.25) is 0 Å². The highest BCUT2D eigenvalue weighted by atomic mass is 19.3. The molecule has 3 heterocycles. The predicted octanol–water partition coefficient (Wildman–Crippen LogP) is 5.32. The molecule has 1 aromatic heterocycles. The van der Waals surface area contributed by atoms with Crippen molar-refractivity contribution in [1.29, 1.82) is 0 Å². The Hall–Kier alpha value is -3.95. The number of rotatable bonds is 1. The number of halogens is 6. The molecular formula is C26H13BF6N2O. The van der Waals surface area contributed by atoms with Crippen LogP contribution in [0.1, 0.15) is 11.3 Å². The Balaban J connectivity index is 1.65. The molecule has 1 aliphatic carbocycles. The lowest BCUT2D eigenvalue weighted by Crippen LogP contribution is -2.60. The number of pyridine rings is 1. The second kappa shape index (κ2) is 6.63. The SMILES string of the molecule is FC1(F)c2nc3c4c(c2C(F)(F)C1(F)F)Oc1ccccc1B4c1ccccc1N3c1ccccc1. The van der Waals surface area contributed by atoms with Gasteiger partial charge in [0.05, 0.1) is 5.56 Å². The fourth-order valence-corrected chi connectivity index (χ4v) is 5.41. The molecule has 0 saturated carbocycles. The zero-order chi connectivity index (χ0) is 25.0. The maximum absolute atomic E-state index is 15.1. The first-order valence-electron chi connectivity index (χ1n) is 11.1. The topological polar surface area (TPSA) is 25.4 Å². The average Bonchev–Trinajstić information content (AvgIpc) is 2.98. The van der Waals surface area contributed by atoms with Crippen LogP contribution in [0, 0.1) is 0 Å². The van der Waals surface area contributed by atoms with E-state index in [-0.39, 0.29) is 17.0 Å². The Kier molecular flexibility index (Phi) is 3.93. The van der Waals surface area contributed by atoms with Gasteiger partial charge in [-0.2, -0.15) is 26.3 Å². The molecule has 0 radical (unpaired) electrons. The van der Waals surface area contributed by atoms with E-state index in [9.17, 15) is 17.6 Å². The zero-order valence-electron chi connectivity index (χ0n) is 18.2. The molecule has 0 saturated heterocycles. The molecule has 3 aromatic carbocycles. The summed E-state index contributed by atoms with van der Waals surface area (Å²) >= 11 is 0. The molecular weight excluding hydrogens is 481 g/mol. The van der Waals surface area contributed by atoms with Gasteiger partial charge in [0, 0.05) is 16.8 Å². The van der Waals surface area contributed by atoms with Crippen molar-refractivity contribution < 1.29 is 31.1 Å². The van der Waals surface area contributed by atoms with Crippen molar-refractivity contribution >= 4 is 40.3 Å². The second-order valence-electron chi connectivity index (χ2n) is 8.93. The van der Waals surface area contributed by atoms with Crippen molar-refractivity contribution in [3.63, 3.8) is 0 Å². The van der Waals surface area contributed by atoms with Gasteiger partial charge in [-0.25, -0.2) is 4.98 Å². The van der Waals surface area contributed by atoms with Gasteiger partial charge in [-0.15, -0.1) is 0 Å². The minimum absolute atomic E-state index is 0.0446. The lowest BCUT2D eigenvalue weighted by Gasteiger charge is -2.39. The van der Waals surface area contributed by atoms with Crippen molar-refractivity contribution in [1.82, 2.24) is 4.98 Å². The molecule has 0 unspecified atom stereocenters. The van der Waals surface area contributed by atoms with Crippen LogP contribution in [0.3, 0.4) is 0 Å². The molecule has 0 N–H and O–H groups in total. The largest absolute Gasteiger partial charge is 0.458 e. The van der Waals surface area contributed by atoms with Crippen LogP contribution in [0.25, 0.3) is 0 Å². The molecule has 10 heteroatoms. The Bertz CT molecular complexity index is 1580. The highest BCUT2D eigenvalue weighted by molar-refractivity contribution is 6.99. The maximum Gasteiger partial charge on any atom is 0.382 e. The maximum atomic E-state index is 15.1. The predicted molar refractivity (Wildman–Crippen MR) is 123 cm³/mol. The van der Waals surface area contributed by atoms with E-state index in [4.69, 9.17) is 4.74 Å². The first kappa shape index (κ1) is 21.3. The number of alkyl halides is 6. The summed E-state index contributed by atoms with van der Waals surface area (Å²) in [4.78, 5) is 5.42. The van der Waals surface area contributed by atoms with Gasteiger partial charge in [0.1, 0.15) is 23.0 Å². The van der Waals surface area contributed by atoms with Crippen LogP contribution in [0.5, 0.6) is 11.5 Å². The van der Waals surface area contributed by atoms with Crippen LogP contribution in [0.4, 0.5) is 43.5 Å². The van der Waals surface area contributed by atoms with Crippen LogP contribution < -0.4 is 26.0 Å². The van der Waals surface area contributed by atoms with E-state index in [2.05, 4.69) is 4.98 Å². The molecule has 4 aromatic rings. The minimum atomic E-state index is -5.68. The fraction of sp³-hybridized carbons (Fsp3) is 0.115. The van der Waals surface area contributed by atoms with Crippen molar-refractivity contribution in [3.05, 3.63) is 90.1 Å². The average molecular weight is 494 g/mol. The number of para-hydroxylation sites is 3. The summed E-state index contributed by atoms with van der Waals surface area (Å²) < 4.78 is 95.1. The van der Waals surface area contributed by atoms with E-state index in [1.165, 1.54) is 11.0 Å². The number of hydrogen-bond acceptors (Lipinski definition) is 3. The molecule has 3 aliphatic rings. The second-order valence-corrected chi connectivity index (χ2v) is 8.93. The van der Waals surface area contributed by atoms with Crippen molar-refractivity contribution in [2.75, 3.05) is 4.90 Å². The Morgan fingerprint density at radius 3 is 2.11 bits per heavy atom. The quantitative estimate of drug-likeness (QED) is 0.229. The molecule has 0 spiro atoms. The third-order valence-electron chi connectivity index (χ3n) is 7.01. The van der Waals surface area contributed by atoms with Crippen molar-refractivity contribution in [2.24, 2.45) is 0 Å². The Labute approximate surface area is 201 Å². The first-order chi connectivity index (χ1) is 17.2. The summed E-state index contributed by atoms with van der Waals surface area (Å²) in [6.07, 6.45) is 0. The monoisotopic (exact) mass is 494 g/mol. The summed E-state index contributed by atoms with van der Waals surface area (Å²) in [6, 6.07) is 22.2. The standard InChI is InChI=1S/C26H13BF6N2O/c28-24(29)19-21-20-23(34-22(19)25(30,31)26(24,32)33)35(14-8-2-1-3-9-14)17-12-6-4-10-15(17)27(20)16-11-5-7-13-18(16)36-21/h1-13H. The molecule has 0 fully saturated rings. The number of hydrogen-bond donors (Lipinski definition) is 0. The normalized spacial score (nSPS) is 19.1. The molecule has 3 nitrogen and oxygen atoms in total. The Morgan fingerprint density at radius 1 is 0.722 bits per heavy atom. The molecule has 0 bridgehead atoms. The van der Waals surface area contributed by atoms with Gasteiger partial charge in [-0.05, 0) is 35.2 Å². The summed E-state index contributed by atoms with van der Waals surface area (Å²) in [7, 11) is 0. The molecule has 0 atom stereocenters. The highest BCUT2D eigenvalue weighted by Crippen LogP contribution is 2.65. The van der Waals surface area contributed by atoms with Gasteiger partial charge in [-0.1, -0.05) is 54.6 Å². The Morgan fingerprint density at radius 2 is 1.36 bits per heavy atom. The summed E-state index contributed by atoms with van der Waals surface area (Å²) in [5.74, 6) is -16.8. The van der Waals surface area contributed by atoms with Crippen LogP contribution in [0.15, 0.2) is 78.9 Å². The van der Waals surface area contributed by atoms with E-state index >= 15 is 8.78 Å². The van der Waals surface area contributed by atoms with E-state index < -0.39 is 41.5 Å². The van der Waals surface area contributed by atoms with Gasteiger partial charge >= 0.3 is 17.8 Å². The number of benzene rings is 3. The third kappa shape index (κ3) is 2.34. The van der Waals surface area contributed by atoms with Gasteiger partial charge in [-0.3, -0.25) is 4.90 Å². The molecule has 7 rings (SSSR count). The molecule has 178 valence electrons. The van der Waals surface area contributed by atoms with Crippen LogP contribution in [-0.2, 0) is 11.8 Å². The molecule has 36 heavy (non-hydrogen) atoms. The number of fused-ring (bicyclic) bond motifs is 6. The fourth-order valence-electron chi connectivity index (χ4n) is 5.41. The van der Waals surface area contributed by atoms with Crippen molar-refractivity contribution in [2.45, 2.75) is 17.8 Å². The minimum Gasteiger partial charge on any atom is -0.458 e. The molecule has 0 amide bonds. The van der Waals surface area contributed by atoms with Gasteiger partial charge in [0.25, 0.3) is 6.71 Å². The van der Waals surface area contributed by atoms with E-state index in [1.807, 2.05) is 0 Å². The number of anilines is 3. The lowest BCUT2D eigenvalue weighted by molar-refractivity contribution is -0.303. The van der Waals surface area contributed by atoms with E-state index in [0.717, 1.165) is 0 Å². The van der Waals surface area contributed by atoms with Gasteiger partial charge in [0.15, 0.2) is 0 Å².